The number of aromatic nitrogens is 2. The van der Waals surface area contributed by atoms with Crippen molar-refractivity contribution in [1.82, 2.24) is 14.7 Å². The molecular formula is C16H18ClN3O3. The molecule has 2 atom stereocenters. The standard InChI is InChI=1S/C16H18ClN3O3/c1-23-15-6-14(10-21)19(9-15)16(22)11-7-18-20(8-11)13-4-2-12(17)3-5-13/h2-5,7-8,14-15,21H,6,9-10H2,1H3/t14-,15+/m0/s1. The molecule has 0 unspecified atom stereocenters. The molecule has 23 heavy (non-hydrogen) atoms. The highest BCUT2D eigenvalue weighted by atomic mass is 35.5. The fourth-order valence-corrected chi connectivity index (χ4v) is 2.93. The number of benzene rings is 1. The first kappa shape index (κ1) is 16.0. The zero-order chi connectivity index (χ0) is 16.4. The maximum Gasteiger partial charge on any atom is 0.257 e. The van der Waals surface area contributed by atoms with Crippen LogP contribution < -0.4 is 0 Å². The van der Waals surface area contributed by atoms with Crippen molar-refractivity contribution < 1.29 is 14.6 Å². The fraction of sp³-hybridized carbons (Fsp3) is 0.375. The van der Waals surface area contributed by atoms with E-state index >= 15 is 0 Å². The summed E-state index contributed by atoms with van der Waals surface area (Å²) in [5.41, 5.74) is 1.30. The van der Waals surface area contributed by atoms with Gasteiger partial charge >= 0.3 is 0 Å². The third kappa shape index (κ3) is 3.24. The van der Waals surface area contributed by atoms with Crippen LogP contribution in [0.3, 0.4) is 0 Å². The van der Waals surface area contributed by atoms with Crippen molar-refractivity contribution in [3.8, 4) is 5.69 Å². The van der Waals surface area contributed by atoms with Crippen molar-refractivity contribution in [2.24, 2.45) is 0 Å². The summed E-state index contributed by atoms with van der Waals surface area (Å²) in [5.74, 6) is -0.149. The van der Waals surface area contributed by atoms with Gasteiger partial charge < -0.3 is 14.7 Å². The van der Waals surface area contributed by atoms with Gasteiger partial charge in [0, 0.05) is 24.9 Å². The van der Waals surface area contributed by atoms with Gasteiger partial charge in [-0.3, -0.25) is 4.79 Å². The molecule has 1 aromatic carbocycles. The quantitative estimate of drug-likeness (QED) is 0.924. The molecular weight excluding hydrogens is 318 g/mol. The molecule has 1 saturated heterocycles. The van der Waals surface area contributed by atoms with Gasteiger partial charge in [0.2, 0.25) is 0 Å². The monoisotopic (exact) mass is 335 g/mol. The number of carbonyl (C=O) groups excluding carboxylic acids is 1. The van der Waals surface area contributed by atoms with Crippen LogP contribution in [-0.4, -0.2) is 58.1 Å². The molecule has 2 heterocycles. The number of hydrogen-bond acceptors (Lipinski definition) is 4. The Bertz CT molecular complexity index is 686. The second kappa shape index (κ2) is 6.70. The molecule has 1 aliphatic rings. The van der Waals surface area contributed by atoms with Crippen LogP contribution in [0.4, 0.5) is 0 Å². The molecule has 3 rings (SSSR count). The van der Waals surface area contributed by atoms with E-state index in [1.54, 1.807) is 35.0 Å². The number of rotatable bonds is 4. The summed E-state index contributed by atoms with van der Waals surface area (Å²) in [6.07, 6.45) is 3.82. The molecule has 0 spiro atoms. The summed E-state index contributed by atoms with van der Waals surface area (Å²) in [6, 6.07) is 6.98. The Hall–Kier alpha value is -1.89. The average molecular weight is 336 g/mol. The minimum atomic E-state index is -0.216. The van der Waals surface area contributed by atoms with Crippen molar-refractivity contribution in [3.63, 3.8) is 0 Å². The number of aliphatic hydroxyl groups is 1. The molecule has 1 aromatic heterocycles. The predicted molar refractivity (Wildman–Crippen MR) is 85.9 cm³/mol. The van der Waals surface area contributed by atoms with Crippen molar-refractivity contribution in [2.45, 2.75) is 18.6 Å². The van der Waals surface area contributed by atoms with E-state index < -0.39 is 0 Å². The first-order valence-electron chi connectivity index (χ1n) is 7.37. The van der Waals surface area contributed by atoms with E-state index in [1.165, 1.54) is 6.20 Å². The van der Waals surface area contributed by atoms with Crippen molar-refractivity contribution >= 4 is 17.5 Å². The molecule has 7 heteroatoms. The van der Waals surface area contributed by atoms with Crippen LogP contribution >= 0.6 is 11.6 Å². The van der Waals surface area contributed by atoms with Crippen molar-refractivity contribution in [2.75, 3.05) is 20.3 Å². The zero-order valence-corrected chi connectivity index (χ0v) is 13.5. The Morgan fingerprint density at radius 3 is 2.83 bits per heavy atom. The Balaban J connectivity index is 1.79. The highest BCUT2D eigenvalue weighted by molar-refractivity contribution is 6.30. The lowest BCUT2D eigenvalue weighted by Gasteiger charge is -2.21. The van der Waals surface area contributed by atoms with Gasteiger partial charge in [-0.1, -0.05) is 11.6 Å². The van der Waals surface area contributed by atoms with Gasteiger partial charge in [0.15, 0.2) is 0 Å². The summed E-state index contributed by atoms with van der Waals surface area (Å²) in [5, 5.41) is 14.3. The fourth-order valence-electron chi connectivity index (χ4n) is 2.80. The molecule has 122 valence electrons. The molecule has 0 bridgehead atoms. The Morgan fingerprint density at radius 2 is 2.17 bits per heavy atom. The SMILES string of the molecule is CO[C@@H]1C[C@@H](CO)N(C(=O)c2cnn(-c3ccc(Cl)cc3)c2)C1. The number of ether oxygens (including phenoxy) is 1. The van der Waals surface area contributed by atoms with E-state index in [4.69, 9.17) is 16.3 Å². The second-order valence-electron chi connectivity index (χ2n) is 5.54. The third-order valence-corrected chi connectivity index (χ3v) is 4.35. The van der Waals surface area contributed by atoms with Gasteiger partial charge in [-0.25, -0.2) is 4.68 Å². The Labute approximate surface area is 139 Å². The smallest absolute Gasteiger partial charge is 0.257 e. The number of carbonyl (C=O) groups is 1. The molecule has 0 aliphatic carbocycles. The molecule has 0 saturated carbocycles. The van der Waals surface area contributed by atoms with E-state index in [-0.39, 0.29) is 24.7 Å². The maximum absolute atomic E-state index is 12.7. The minimum absolute atomic E-state index is 0.0394. The lowest BCUT2D eigenvalue weighted by atomic mass is 10.2. The van der Waals surface area contributed by atoms with E-state index in [0.717, 1.165) is 5.69 Å². The lowest BCUT2D eigenvalue weighted by Crippen LogP contribution is -2.37. The highest BCUT2D eigenvalue weighted by Crippen LogP contribution is 2.22. The number of amides is 1. The molecule has 1 N–H and O–H groups in total. The van der Waals surface area contributed by atoms with Gasteiger partial charge in [-0.05, 0) is 30.7 Å². The van der Waals surface area contributed by atoms with Crippen LogP contribution in [0.1, 0.15) is 16.8 Å². The van der Waals surface area contributed by atoms with Crippen LogP contribution in [0.5, 0.6) is 0 Å². The van der Waals surface area contributed by atoms with Crippen LogP contribution in [0.2, 0.25) is 5.02 Å². The van der Waals surface area contributed by atoms with Gasteiger partial charge in [-0.15, -0.1) is 0 Å². The maximum atomic E-state index is 12.7. The molecule has 0 radical (unpaired) electrons. The summed E-state index contributed by atoms with van der Waals surface area (Å²) in [6.45, 7) is 0.406. The summed E-state index contributed by atoms with van der Waals surface area (Å²) >= 11 is 5.87. The first-order chi connectivity index (χ1) is 11.1. The zero-order valence-electron chi connectivity index (χ0n) is 12.7. The summed E-state index contributed by atoms with van der Waals surface area (Å²) in [7, 11) is 1.62. The van der Waals surface area contributed by atoms with Gasteiger partial charge in [-0.2, -0.15) is 5.10 Å². The molecule has 2 aromatic rings. The van der Waals surface area contributed by atoms with Crippen LogP contribution in [-0.2, 0) is 4.74 Å². The third-order valence-electron chi connectivity index (χ3n) is 4.10. The molecule has 6 nitrogen and oxygen atoms in total. The van der Waals surface area contributed by atoms with Crippen LogP contribution in [0.25, 0.3) is 5.69 Å². The molecule has 1 fully saturated rings. The number of hydrogen-bond donors (Lipinski definition) is 1. The van der Waals surface area contributed by atoms with Crippen molar-refractivity contribution in [3.05, 3.63) is 47.2 Å². The normalized spacial score (nSPS) is 20.9. The largest absolute Gasteiger partial charge is 0.394 e. The van der Waals surface area contributed by atoms with Gasteiger partial charge in [0.25, 0.3) is 5.91 Å². The number of likely N-dealkylation sites (tertiary alicyclic amines) is 1. The number of aliphatic hydroxyl groups excluding tert-OH is 1. The summed E-state index contributed by atoms with van der Waals surface area (Å²) < 4.78 is 6.93. The average Bonchev–Trinajstić information content (AvgIpc) is 3.21. The Kier molecular flexibility index (Phi) is 4.66. The second-order valence-corrected chi connectivity index (χ2v) is 5.97. The molecule has 1 aliphatic heterocycles. The topological polar surface area (TPSA) is 67.6 Å². The Morgan fingerprint density at radius 1 is 1.43 bits per heavy atom. The van der Waals surface area contributed by atoms with Gasteiger partial charge in [0.05, 0.1) is 36.2 Å². The minimum Gasteiger partial charge on any atom is -0.394 e. The van der Waals surface area contributed by atoms with Crippen LogP contribution in [0.15, 0.2) is 36.7 Å². The van der Waals surface area contributed by atoms with E-state index in [0.29, 0.717) is 23.6 Å². The predicted octanol–water partition coefficient (Wildman–Crippen LogP) is 1.75. The lowest BCUT2D eigenvalue weighted by molar-refractivity contribution is 0.0648. The van der Waals surface area contributed by atoms with E-state index in [2.05, 4.69) is 5.10 Å². The number of halogens is 1. The molecule has 1 amide bonds. The number of nitrogens with zero attached hydrogens (tertiary/aromatic N) is 3. The first-order valence-corrected chi connectivity index (χ1v) is 7.75. The number of methoxy groups -OCH3 is 1. The van der Waals surface area contributed by atoms with E-state index in [9.17, 15) is 9.90 Å². The van der Waals surface area contributed by atoms with Gasteiger partial charge in [0.1, 0.15) is 0 Å². The highest BCUT2D eigenvalue weighted by Gasteiger charge is 2.35. The van der Waals surface area contributed by atoms with E-state index in [1.807, 2.05) is 12.1 Å². The van der Waals surface area contributed by atoms with Crippen molar-refractivity contribution in [1.29, 1.82) is 0 Å². The van der Waals surface area contributed by atoms with Crippen LogP contribution in [0, 0.1) is 0 Å². The summed E-state index contributed by atoms with van der Waals surface area (Å²) in [4.78, 5) is 14.3.